The highest BCUT2D eigenvalue weighted by Crippen LogP contribution is 2.31. The summed E-state index contributed by atoms with van der Waals surface area (Å²) < 4.78 is 10.9. The Morgan fingerprint density at radius 2 is 2.00 bits per heavy atom. The molecule has 2 aromatic rings. The summed E-state index contributed by atoms with van der Waals surface area (Å²) in [5, 5.41) is 12.5. The molecule has 0 spiro atoms. The lowest BCUT2D eigenvalue weighted by Gasteiger charge is -2.19. The zero-order valence-electron chi connectivity index (χ0n) is 13.2. The molecule has 1 unspecified atom stereocenters. The number of ether oxygens (including phenoxy) is 2. The average molecular weight is 348 g/mol. The van der Waals surface area contributed by atoms with Crippen LogP contribution in [0.15, 0.2) is 18.2 Å². The van der Waals surface area contributed by atoms with E-state index in [4.69, 9.17) is 14.6 Å². The molecule has 0 aliphatic carbocycles. The average Bonchev–Trinajstić information content (AvgIpc) is 2.96. The molecule has 0 saturated heterocycles. The van der Waals surface area contributed by atoms with Gasteiger partial charge in [-0.25, -0.2) is 9.78 Å². The van der Waals surface area contributed by atoms with Gasteiger partial charge in [-0.05, 0) is 32.0 Å². The number of carboxylic acid groups (broad SMARTS) is 1. The van der Waals surface area contributed by atoms with Crippen LogP contribution in [0.5, 0.6) is 11.5 Å². The zero-order valence-corrected chi connectivity index (χ0v) is 14.0. The van der Waals surface area contributed by atoms with Gasteiger partial charge in [0.1, 0.15) is 23.1 Å². The van der Waals surface area contributed by atoms with E-state index in [1.165, 1.54) is 0 Å². The van der Waals surface area contributed by atoms with Crippen LogP contribution < -0.4 is 14.8 Å². The molecule has 1 aromatic heterocycles. The number of aromatic nitrogens is 1. The van der Waals surface area contributed by atoms with Crippen LogP contribution in [0.25, 0.3) is 0 Å². The van der Waals surface area contributed by atoms with Crippen molar-refractivity contribution in [2.75, 3.05) is 13.2 Å². The molecule has 1 aliphatic rings. The number of nitrogens with zero attached hydrogens (tertiary/aromatic N) is 1. The highest BCUT2D eigenvalue weighted by atomic mass is 32.1. The van der Waals surface area contributed by atoms with E-state index in [0.717, 1.165) is 11.3 Å². The first-order valence-electron chi connectivity index (χ1n) is 7.37. The summed E-state index contributed by atoms with van der Waals surface area (Å²) in [4.78, 5) is 27.9. The second-order valence-corrected chi connectivity index (χ2v) is 6.36. The Bertz CT molecular complexity index is 802. The number of thiazole rings is 1. The number of rotatable bonds is 4. The van der Waals surface area contributed by atoms with Gasteiger partial charge in [0.15, 0.2) is 11.5 Å². The van der Waals surface area contributed by atoms with Gasteiger partial charge in [-0.15, -0.1) is 11.3 Å². The van der Waals surface area contributed by atoms with E-state index in [1.807, 2.05) is 0 Å². The Morgan fingerprint density at radius 1 is 1.29 bits per heavy atom. The predicted octanol–water partition coefficient (Wildman–Crippen LogP) is 2.41. The molecule has 8 heteroatoms. The van der Waals surface area contributed by atoms with Crippen LogP contribution in [0.4, 0.5) is 0 Å². The standard InChI is InChI=1S/C16H16N2O5S/c1-8-13(16(20)21)24-15(18-8)9(2)17-14(19)10-3-4-11-12(7-10)23-6-5-22-11/h3-4,7,9H,5-6H2,1-2H3,(H,17,19)(H,20,21). The van der Waals surface area contributed by atoms with Gasteiger partial charge in [0.05, 0.1) is 11.7 Å². The normalized spacial score (nSPS) is 14.1. The Balaban J connectivity index is 1.74. The molecule has 1 amide bonds. The number of aromatic carboxylic acids is 1. The first kappa shape index (κ1) is 16.3. The predicted molar refractivity (Wildman–Crippen MR) is 87.1 cm³/mol. The highest BCUT2D eigenvalue weighted by Gasteiger charge is 2.21. The minimum Gasteiger partial charge on any atom is -0.486 e. The summed E-state index contributed by atoms with van der Waals surface area (Å²) in [6.07, 6.45) is 0. The van der Waals surface area contributed by atoms with Crippen molar-refractivity contribution in [3.05, 3.63) is 39.3 Å². The zero-order chi connectivity index (χ0) is 17.3. The number of hydrogen-bond acceptors (Lipinski definition) is 6. The largest absolute Gasteiger partial charge is 0.486 e. The maximum atomic E-state index is 12.4. The van der Waals surface area contributed by atoms with E-state index in [9.17, 15) is 9.59 Å². The van der Waals surface area contributed by atoms with Crippen molar-refractivity contribution in [1.29, 1.82) is 0 Å². The molecule has 7 nitrogen and oxygen atoms in total. The van der Waals surface area contributed by atoms with Crippen molar-refractivity contribution in [1.82, 2.24) is 10.3 Å². The number of nitrogens with one attached hydrogen (secondary N) is 1. The van der Waals surface area contributed by atoms with Crippen LogP contribution >= 0.6 is 11.3 Å². The van der Waals surface area contributed by atoms with Crippen molar-refractivity contribution >= 4 is 23.2 Å². The number of hydrogen-bond donors (Lipinski definition) is 2. The van der Waals surface area contributed by atoms with Crippen molar-refractivity contribution in [2.24, 2.45) is 0 Å². The van der Waals surface area contributed by atoms with Crippen molar-refractivity contribution < 1.29 is 24.2 Å². The lowest BCUT2D eigenvalue weighted by Crippen LogP contribution is -2.27. The number of aryl methyl sites for hydroxylation is 1. The molecule has 3 rings (SSSR count). The fourth-order valence-corrected chi connectivity index (χ4v) is 3.24. The van der Waals surface area contributed by atoms with Gasteiger partial charge in [-0.2, -0.15) is 0 Å². The van der Waals surface area contributed by atoms with Gasteiger partial charge in [0, 0.05) is 5.56 Å². The number of carbonyl (C=O) groups excluding carboxylic acids is 1. The third-order valence-corrected chi connectivity index (χ3v) is 4.86. The van der Waals surface area contributed by atoms with Crippen molar-refractivity contribution in [2.45, 2.75) is 19.9 Å². The summed E-state index contributed by atoms with van der Waals surface area (Å²) >= 11 is 1.07. The van der Waals surface area contributed by atoms with Crippen LogP contribution in [0.2, 0.25) is 0 Å². The molecule has 2 N–H and O–H groups in total. The molecule has 0 fully saturated rings. The molecule has 1 aliphatic heterocycles. The molecule has 2 heterocycles. The number of fused-ring (bicyclic) bond motifs is 1. The van der Waals surface area contributed by atoms with E-state index in [-0.39, 0.29) is 10.8 Å². The summed E-state index contributed by atoms with van der Waals surface area (Å²) in [5.41, 5.74) is 0.890. The Morgan fingerprint density at radius 3 is 2.67 bits per heavy atom. The maximum absolute atomic E-state index is 12.4. The summed E-state index contributed by atoms with van der Waals surface area (Å²) in [5.74, 6) is -0.141. The van der Waals surface area contributed by atoms with Gasteiger partial charge >= 0.3 is 5.97 Å². The van der Waals surface area contributed by atoms with Gasteiger partial charge in [-0.1, -0.05) is 0 Å². The summed E-state index contributed by atoms with van der Waals surface area (Å²) in [6.45, 7) is 4.34. The van der Waals surface area contributed by atoms with E-state index in [1.54, 1.807) is 32.0 Å². The van der Waals surface area contributed by atoms with Gasteiger partial charge in [0.2, 0.25) is 0 Å². The number of carboxylic acids is 1. The second kappa shape index (κ2) is 6.48. The van der Waals surface area contributed by atoms with Crippen molar-refractivity contribution in [3.63, 3.8) is 0 Å². The van der Waals surface area contributed by atoms with Gasteiger partial charge in [-0.3, -0.25) is 4.79 Å². The number of benzene rings is 1. The summed E-state index contributed by atoms with van der Waals surface area (Å²) in [7, 11) is 0. The van der Waals surface area contributed by atoms with Crippen LogP contribution in [0.1, 0.15) is 43.7 Å². The fraction of sp³-hybridized carbons (Fsp3) is 0.312. The minimum atomic E-state index is -1.01. The molecule has 1 aromatic carbocycles. The van der Waals surface area contributed by atoms with Gasteiger partial charge < -0.3 is 19.9 Å². The Labute approximate surface area is 142 Å². The third kappa shape index (κ3) is 3.18. The first-order valence-corrected chi connectivity index (χ1v) is 8.18. The van der Waals surface area contributed by atoms with Crippen LogP contribution in [0, 0.1) is 6.92 Å². The van der Waals surface area contributed by atoms with Crippen LogP contribution in [-0.4, -0.2) is 35.2 Å². The van der Waals surface area contributed by atoms with E-state index in [2.05, 4.69) is 10.3 Å². The summed E-state index contributed by atoms with van der Waals surface area (Å²) in [6, 6.07) is 4.59. The number of carbonyl (C=O) groups is 2. The molecule has 1 atom stereocenters. The SMILES string of the molecule is Cc1nc(C(C)NC(=O)c2ccc3c(c2)OCCO3)sc1C(=O)O. The monoisotopic (exact) mass is 348 g/mol. The number of amides is 1. The topological polar surface area (TPSA) is 97.8 Å². The lowest BCUT2D eigenvalue weighted by atomic mass is 10.1. The van der Waals surface area contributed by atoms with Gasteiger partial charge in [0.25, 0.3) is 5.91 Å². The van der Waals surface area contributed by atoms with E-state index in [0.29, 0.717) is 41.0 Å². The lowest BCUT2D eigenvalue weighted by molar-refractivity contribution is 0.0701. The Kier molecular flexibility index (Phi) is 4.39. The van der Waals surface area contributed by atoms with Crippen molar-refractivity contribution in [3.8, 4) is 11.5 Å². The van der Waals surface area contributed by atoms with E-state index >= 15 is 0 Å². The molecule has 24 heavy (non-hydrogen) atoms. The smallest absolute Gasteiger partial charge is 0.347 e. The molecular weight excluding hydrogens is 332 g/mol. The van der Waals surface area contributed by atoms with Crippen LogP contribution in [0.3, 0.4) is 0 Å². The second-order valence-electron chi connectivity index (χ2n) is 5.33. The maximum Gasteiger partial charge on any atom is 0.347 e. The first-order chi connectivity index (χ1) is 11.5. The molecule has 126 valence electrons. The third-order valence-electron chi connectivity index (χ3n) is 3.53. The van der Waals surface area contributed by atoms with E-state index < -0.39 is 12.0 Å². The van der Waals surface area contributed by atoms with Crippen LogP contribution in [-0.2, 0) is 0 Å². The minimum absolute atomic E-state index is 0.186. The Hall–Kier alpha value is -2.61. The molecular formula is C16H16N2O5S. The molecule has 0 radical (unpaired) electrons. The molecule has 0 saturated carbocycles. The quantitative estimate of drug-likeness (QED) is 0.880. The molecule has 0 bridgehead atoms. The highest BCUT2D eigenvalue weighted by molar-refractivity contribution is 7.13. The fourth-order valence-electron chi connectivity index (χ4n) is 2.33.